The highest BCUT2D eigenvalue weighted by molar-refractivity contribution is 6.31. The highest BCUT2D eigenvalue weighted by atomic mass is 35.5. The number of benzene rings is 2. The summed E-state index contributed by atoms with van der Waals surface area (Å²) in [6.07, 6.45) is 3.96. The minimum absolute atomic E-state index is 0.0107. The fourth-order valence-corrected chi connectivity index (χ4v) is 4.61. The molecule has 0 radical (unpaired) electrons. The average Bonchev–Trinajstić information content (AvgIpc) is 2.94. The number of hydrogen-bond acceptors (Lipinski definition) is 8. The number of amides is 1. The third-order valence-corrected chi connectivity index (χ3v) is 6.79. The Bertz CT molecular complexity index is 1270. The summed E-state index contributed by atoms with van der Waals surface area (Å²) in [5.74, 6) is 1.26. The van der Waals surface area contributed by atoms with E-state index in [0.29, 0.717) is 92.9 Å². The van der Waals surface area contributed by atoms with Crippen molar-refractivity contribution in [1.29, 1.82) is 0 Å². The Morgan fingerprint density at radius 2 is 1.87 bits per heavy atom. The Morgan fingerprint density at radius 3 is 2.66 bits per heavy atom. The number of halogens is 2. The molecule has 2 saturated heterocycles. The van der Waals surface area contributed by atoms with Gasteiger partial charge in [0.15, 0.2) is 11.5 Å². The standard InChI is InChI=1S/C27H30ClFN4O5/c28-21-14-18(3-4-22(21)29)32-27-20-15-25(38-19-5-10-35-11-6-19)24(16-23(20)30-17-31-27)37-9-1-2-26(34)33-7-12-36-13-8-33/h3-4,14-17,19H,1-2,5-13H2,(H,30,31,32). The van der Waals surface area contributed by atoms with E-state index in [1.54, 1.807) is 6.07 Å². The van der Waals surface area contributed by atoms with Crippen molar-refractivity contribution in [2.75, 3.05) is 51.4 Å². The van der Waals surface area contributed by atoms with Gasteiger partial charge in [0.05, 0.1) is 43.6 Å². The smallest absolute Gasteiger partial charge is 0.222 e. The van der Waals surface area contributed by atoms with Crippen molar-refractivity contribution in [2.24, 2.45) is 0 Å². The van der Waals surface area contributed by atoms with Crippen molar-refractivity contribution in [3.63, 3.8) is 0 Å². The van der Waals surface area contributed by atoms with E-state index in [4.69, 9.17) is 30.5 Å². The van der Waals surface area contributed by atoms with Gasteiger partial charge in [-0.2, -0.15) is 0 Å². The first-order valence-electron chi connectivity index (χ1n) is 12.8. The third kappa shape index (κ3) is 6.61. The van der Waals surface area contributed by atoms with Crippen LogP contribution in [-0.2, 0) is 14.3 Å². The number of aromatic nitrogens is 2. The van der Waals surface area contributed by atoms with Crippen molar-refractivity contribution in [2.45, 2.75) is 31.8 Å². The lowest BCUT2D eigenvalue weighted by Crippen LogP contribution is -2.40. The predicted molar refractivity (Wildman–Crippen MR) is 141 cm³/mol. The molecule has 0 atom stereocenters. The Morgan fingerprint density at radius 1 is 1.08 bits per heavy atom. The van der Waals surface area contributed by atoms with E-state index >= 15 is 0 Å². The number of nitrogens with one attached hydrogen (secondary N) is 1. The van der Waals surface area contributed by atoms with Crippen molar-refractivity contribution in [3.05, 3.63) is 47.5 Å². The van der Waals surface area contributed by atoms with Crippen LogP contribution in [0, 0.1) is 5.82 Å². The molecule has 5 rings (SSSR count). The molecule has 1 amide bonds. The normalized spacial score (nSPS) is 16.4. The number of anilines is 2. The maximum Gasteiger partial charge on any atom is 0.222 e. The van der Waals surface area contributed by atoms with E-state index < -0.39 is 5.82 Å². The molecule has 1 aromatic heterocycles. The quantitative estimate of drug-likeness (QED) is 0.386. The molecule has 3 aromatic rings. The summed E-state index contributed by atoms with van der Waals surface area (Å²) in [5.41, 5.74) is 1.24. The SMILES string of the molecule is O=C(CCCOc1cc2ncnc(Nc3ccc(F)c(Cl)c3)c2cc1OC1CCOCC1)N1CCOCC1. The number of morpholine rings is 1. The van der Waals surface area contributed by atoms with Gasteiger partial charge in [-0.15, -0.1) is 0 Å². The van der Waals surface area contributed by atoms with E-state index in [0.717, 1.165) is 12.8 Å². The zero-order valence-corrected chi connectivity index (χ0v) is 21.7. The minimum Gasteiger partial charge on any atom is -0.490 e. The molecular weight excluding hydrogens is 515 g/mol. The number of hydrogen-bond donors (Lipinski definition) is 1. The molecular formula is C27H30ClFN4O5. The molecule has 11 heteroatoms. The molecule has 9 nitrogen and oxygen atoms in total. The summed E-state index contributed by atoms with van der Waals surface area (Å²) in [5, 5.41) is 3.92. The lowest BCUT2D eigenvalue weighted by molar-refractivity contribution is -0.135. The van der Waals surface area contributed by atoms with Crippen LogP contribution in [0.3, 0.4) is 0 Å². The molecule has 1 N–H and O–H groups in total. The van der Waals surface area contributed by atoms with Crippen molar-refractivity contribution in [3.8, 4) is 11.5 Å². The Hall–Kier alpha value is -3.21. The van der Waals surface area contributed by atoms with Gasteiger partial charge in [-0.05, 0) is 30.7 Å². The number of carbonyl (C=O) groups is 1. The van der Waals surface area contributed by atoms with E-state index in [9.17, 15) is 9.18 Å². The van der Waals surface area contributed by atoms with E-state index in [1.807, 2.05) is 17.0 Å². The maximum atomic E-state index is 13.6. The van der Waals surface area contributed by atoms with Gasteiger partial charge >= 0.3 is 0 Å². The highest BCUT2D eigenvalue weighted by Crippen LogP contribution is 2.37. The Kier molecular flexibility index (Phi) is 8.72. The predicted octanol–water partition coefficient (Wildman–Crippen LogP) is 4.74. The zero-order valence-electron chi connectivity index (χ0n) is 21.0. The van der Waals surface area contributed by atoms with Gasteiger partial charge in [-0.1, -0.05) is 11.6 Å². The van der Waals surface area contributed by atoms with Crippen LogP contribution in [0.15, 0.2) is 36.7 Å². The van der Waals surface area contributed by atoms with Gasteiger partial charge < -0.3 is 29.2 Å². The summed E-state index contributed by atoms with van der Waals surface area (Å²) >= 11 is 5.95. The number of carbonyl (C=O) groups excluding carboxylic acids is 1. The van der Waals surface area contributed by atoms with E-state index in [2.05, 4.69) is 15.3 Å². The second kappa shape index (κ2) is 12.6. The van der Waals surface area contributed by atoms with Crippen LogP contribution in [-0.4, -0.2) is 73.0 Å². The van der Waals surface area contributed by atoms with Gasteiger partial charge in [-0.25, -0.2) is 14.4 Å². The molecule has 2 aliphatic rings. The maximum absolute atomic E-state index is 13.6. The molecule has 202 valence electrons. The lowest BCUT2D eigenvalue weighted by atomic mass is 10.1. The van der Waals surface area contributed by atoms with Gasteiger partial charge in [0, 0.05) is 49.5 Å². The van der Waals surface area contributed by atoms with Crippen LogP contribution in [0.25, 0.3) is 10.9 Å². The third-order valence-electron chi connectivity index (χ3n) is 6.50. The van der Waals surface area contributed by atoms with Crippen LogP contribution in [0.4, 0.5) is 15.9 Å². The Labute approximate surface area is 225 Å². The van der Waals surface area contributed by atoms with E-state index in [-0.39, 0.29) is 17.0 Å². The molecule has 0 saturated carbocycles. The van der Waals surface area contributed by atoms with Gasteiger partial charge in [-0.3, -0.25) is 4.79 Å². The molecule has 0 spiro atoms. The fraction of sp³-hybridized carbons (Fsp3) is 0.444. The Balaban J connectivity index is 1.34. The van der Waals surface area contributed by atoms with Crippen LogP contribution >= 0.6 is 11.6 Å². The first-order chi connectivity index (χ1) is 18.6. The molecule has 0 bridgehead atoms. The first kappa shape index (κ1) is 26.4. The monoisotopic (exact) mass is 544 g/mol. The summed E-state index contributed by atoms with van der Waals surface area (Å²) < 4.78 is 36.9. The molecule has 2 fully saturated rings. The number of ether oxygens (including phenoxy) is 4. The van der Waals surface area contributed by atoms with Crippen LogP contribution in [0.2, 0.25) is 5.02 Å². The average molecular weight is 545 g/mol. The summed E-state index contributed by atoms with van der Waals surface area (Å²) in [6, 6.07) is 8.05. The van der Waals surface area contributed by atoms with Crippen LogP contribution < -0.4 is 14.8 Å². The van der Waals surface area contributed by atoms with Gasteiger partial charge in [0.25, 0.3) is 0 Å². The molecule has 2 aliphatic heterocycles. The molecule has 38 heavy (non-hydrogen) atoms. The summed E-state index contributed by atoms with van der Waals surface area (Å²) in [4.78, 5) is 23.1. The molecule has 0 unspecified atom stereocenters. The zero-order chi connectivity index (χ0) is 26.3. The highest BCUT2D eigenvalue weighted by Gasteiger charge is 2.20. The minimum atomic E-state index is -0.495. The van der Waals surface area contributed by atoms with Crippen molar-refractivity contribution >= 4 is 39.9 Å². The molecule has 0 aliphatic carbocycles. The largest absolute Gasteiger partial charge is 0.490 e. The van der Waals surface area contributed by atoms with Gasteiger partial charge in [0.1, 0.15) is 24.1 Å². The summed E-state index contributed by atoms with van der Waals surface area (Å²) in [7, 11) is 0. The fourth-order valence-electron chi connectivity index (χ4n) is 4.43. The van der Waals surface area contributed by atoms with Crippen molar-refractivity contribution in [1.82, 2.24) is 14.9 Å². The summed E-state index contributed by atoms with van der Waals surface area (Å²) in [6.45, 7) is 4.06. The molecule has 3 heterocycles. The molecule has 2 aromatic carbocycles. The van der Waals surface area contributed by atoms with Crippen molar-refractivity contribution < 1.29 is 28.1 Å². The van der Waals surface area contributed by atoms with Gasteiger partial charge in [0.2, 0.25) is 5.91 Å². The lowest BCUT2D eigenvalue weighted by Gasteiger charge is -2.27. The second-order valence-corrected chi connectivity index (χ2v) is 9.57. The first-order valence-corrected chi connectivity index (χ1v) is 13.2. The number of fused-ring (bicyclic) bond motifs is 1. The number of nitrogens with zero attached hydrogens (tertiary/aromatic N) is 3. The number of rotatable bonds is 9. The van der Waals surface area contributed by atoms with Crippen LogP contribution in [0.5, 0.6) is 11.5 Å². The van der Waals surface area contributed by atoms with E-state index in [1.165, 1.54) is 18.5 Å². The second-order valence-electron chi connectivity index (χ2n) is 9.17. The topological polar surface area (TPSA) is 95.0 Å². The van der Waals surface area contributed by atoms with Crippen LogP contribution in [0.1, 0.15) is 25.7 Å².